The Hall–Kier alpha value is -2.60. The van der Waals surface area contributed by atoms with Crippen LogP contribution in [0.4, 0.5) is 0 Å². The molecule has 0 saturated carbocycles. The minimum absolute atomic E-state index is 0.0226. The Labute approximate surface area is 136 Å². The van der Waals surface area contributed by atoms with Crippen molar-refractivity contribution in [1.29, 1.82) is 0 Å². The van der Waals surface area contributed by atoms with Crippen molar-refractivity contribution in [3.63, 3.8) is 0 Å². The lowest BCUT2D eigenvalue weighted by Crippen LogP contribution is -2.14. The fourth-order valence-electron chi connectivity index (χ4n) is 2.48. The van der Waals surface area contributed by atoms with Gasteiger partial charge in [0.1, 0.15) is 12.2 Å². The second-order valence-corrected chi connectivity index (χ2v) is 5.29. The molecule has 0 radical (unpaired) electrons. The molecule has 23 heavy (non-hydrogen) atoms. The molecule has 0 bridgehead atoms. The number of fused-ring (bicyclic) bond motifs is 1. The molecule has 7 heteroatoms. The van der Waals surface area contributed by atoms with Crippen LogP contribution in [-0.2, 0) is 16.1 Å². The van der Waals surface area contributed by atoms with Gasteiger partial charge < -0.3 is 14.3 Å². The summed E-state index contributed by atoms with van der Waals surface area (Å²) in [5, 5.41) is 0.913. The second-order valence-electron chi connectivity index (χ2n) is 4.89. The number of rotatable bonds is 4. The lowest BCUT2D eigenvalue weighted by molar-refractivity contribution is -0.143. The number of hydrogen-bond donors (Lipinski definition) is 1. The number of ether oxygens (including phenoxy) is 1. The molecule has 6 nitrogen and oxygen atoms in total. The van der Waals surface area contributed by atoms with E-state index in [2.05, 4.69) is 9.97 Å². The molecule has 0 fully saturated rings. The van der Waals surface area contributed by atoms with Crippen LogP contribution in [0.5, 0.6) is 0 Å². The molecule has 2 heterocycles. The van der Waals surface area contributed by atoms with Gasteiger partial charge in [0.05, 0.1) is 18.3 Å². The normalized spacial score (nSPS) is 10.9. The molecule has 2 aromatic heterocycles. The van der Waals surface area contributed by atoms with Crippen LogP contribution in [-0.4, -0.2) is 27.1 Å². The van der Waals surface area contributed by atoms with Gasteiger partial charge in [0, 0.05) is 22.3 Å². The summed E-state index contributed by atoms with van der Waals surface area (Å²) in [7, 11) is 0. The van der Waals surface area contributed by atoms with Crippen LogP contribution in [0.3, 0.4) is 0 Å². The summed E-state index contributed by atoms with van der Waals surface area (Å²) in [5.74, 6) is -0.391. The summed E-state index contributed by atoms with van der Waals surface area (Å²) in [5.41, 5.74) is 1.47. The summed E-state index contributed by atoms with van der Waals surface area (Å²) in [6.45, 7) is 2.01. The zero-order valence-corrected chi connectivity index (χ0v) is 13.1. The van der Waals surface area contributed by atoms with E-state index in [1.807, 2.05) is 18.2 Å². The summed E-state index contributed by atoms with van der Waals surface area (Å²) < 4.78 is 6.56. The molecule has 0 spiro atoms. The van der Waals surface area contributed by atoms with E-state index in [1.165, 1.54) is 6.33 Å². The Kier molecular flexibility index (Phi) is 4.16. The van der Waals surface area contributed by atoms with E-state index >= 15 is 0 Å². The molecule has 0 unspecified atom stereocenters. The van der Waals surface area contributed by atoms with Gasteiger partial charge in [-0.2, -0.15) is 0 Å². The number of H-pyrrole nitrogens is 1. The Morgan fingerprint density at radius 3 is 2.87 bits per heavy atom. The van der Waals surface area contributed by atoms with Gasteiger partial charge in [0.15, 0.2) is 0 Å². The standard InChI is InChI=1S/C16H14ClN3O3/c1-2-23-13(21)8-20-7-11(10-5-3-4-6-12(10)17)14-15(20)18-9-19-16(14)22/h3-7,9H,2,8H2,1H3,(H,18,19,22). The molecule has 3 aromatic rings. The quantitative estimate of drug-likeness (QED) is 0.745. The average molecular weight is 332 g/mol. The number of esters is 1. The van der Waals surface area contributed by atoms with Crippen molar-refractivity contribution in [2.24, 2.45) is 0 Å². The predicted molar refractivity (Wildman–Crippen MR) is 87.4 cm³/mol. The molecule has 1 N–H and O–H groups in total. The summed E-state index contributed by atoms with van der Waals surface area (Å²) in [6.07, 6.45) is 3.01. The molecule has 118 valence electrons. The van der Waals surface area contributed by atoms with Gasteiger partial charge >= 0.3 is 5.97 Å². The van der Waals surface area contributed by atoms with Crippen LogP contribution in [0.15, 0.2) is 41.6 Å². The molecule has 0 aliphatic heterocycles. The molecule has 3 rings (SSSR count). The maximum atomic E-state index is 12.2. The molecule has 0 saturated heterocycles. The van der Waals surface area contributed by atoms with Crippen molar-refractivity contribution >= 4 is 28.6 Å². The molecular formula is C16H14ClN3O3. The second kappa shape index (κ2) is 6.26. The number of hydrogen-bond acceptors (Lipinski definition) is 4. The van der Waals surface area contributed by atoms with Gasteiger partial charge in [0.25, 0.3) is 5.56 Å². The molecule has 1 aromatic carbocycles. The SMILES string of the molecule is CCOC(=O)Cn1cc(-c2ccccc2Cl)c2c(=O)[nH]cnc21. The summed E-state index contributed by atoms with van der Waals surface area (Å²) in [4.78, 5) is 30.8. The third-order valence-electron chi connectivity index (χ3n) is 3.43. The third kappa shape index (κ3) is 2.85. The molecule has 0 aliphatic carbocycles. The highest BCUT2D eigenvalue weighted by atomic mass is 35.5. The molecule has 0 aliphatic rings. The van der Waals surface area contributed by atoms with Crippen molar-refractivity contribution in [3.05, 3.63) is 52.2 Å². The minimum Gasteiger partial charge on any atom is -0.465 e. The van der Waals surface area contributed by atoms with Crippen LogP contribution in [0.1, 0.15) is 6.92 Å². The first-order chi connectivity index (χ1) is 11.1. The highest BCUT2D eigenvalue weighted by Crippen LogP contribution is 2.32. The van der Waals surface area contributed by atoms with Crippen LogP contribution < -0.4 is 5.56 Å². The Balaban J connectivity index is 2.21. The Morgan fingerprint density at radius 1 is 1.35 bits per heavy atom. The smallest absolute Gasteiger partial charge is 0.325 e. The first-order valence-electron chi connectivity index (χ1n) is 7.09. The van der Waals surface area contributed by atoms with Crippen molar-refractivity contribution in [2.45, 2.75) is 13.5 Å². The number of halogens is 1. The van der Waals surface area contributed by atoms with Gasteiger partial charge in [-0.25, -0.2) is 4.98 Å². The number of aromatic nitrogens is 3. The van der Waals surface area contributed by atoms with Crippen molar-refractivity contribution in [1.82, 2.24) is 14.5 Å². The Bertz CT molecular complexity index is 930. The number of benzene rings is 1. The third-order valence-corrected chi connectivity index (χ3v) is 3.76. The maximum Gasteiger partial charge on any atom is 0.325 e. The lowest BCUT2D eigenvalue weighted by Gasteiger charge is -2.03. The largest absolute Gasteiger partial charge is 0.465 e. The first kappa shape index (κ1) is 15.3. The number of nitrogens with zero attached hydrogens (tertiary/aromatic N) is 2. The van der Waals surface area contributed by atoms with E-state index in [0.717, 1.165) is 0 Å². The van der Waals surface area contributed by atoms with Crippen LogP contribution in [0.2, 0.25) is 5.02 Å². The summed E-state index contributed by atoms with van der Waals surface area (Å²) in [6, 6.07) is 7.21. The van der Waals surface area contributed by atoms with E-state index in [1.54, 1.807) is 23.8 Å². The number of nitrogens with one attached hydrogen (secondary N) is 1. The van der Waals surface area contributed by atoms with Gasteiger partial charge in [-0.05, 0) is 13.0 Å². The minimum atomic E-state index is -0.391. The first-order valence-corrected chi connectivity index (χ1v) is 7.46. The van der Waals surface area contributed by atoms with Crippen LogP contribution in [0.25, 0.3) is 22.2 Å². The van der Waals surface area contributed by atoms with Gasteiger partial charge in [-0.3, -0.25) is 9.59 Å². The topological polar surface area (TPSA) is 77.0 Å². The lowest BCUT2D eigenvalue weighted by atomic mass is 10.1. The highest BCUT2D eigenvalue weighted by molar-refractivity contribution is 6.33. The number of carbonyl (C=O) groups is 1. The summed E-state index contributed by atoms with van der Waals surface area (Å²) >= 11 is 6.24. The van der Waals surface area contributed by atoms with Crippen molar-refractivity contribution in [3.8, 4) is 11.1 Å². The Morgan fingerprint density at radius 2 is 2.13 bits per heavy atom. The highest BCUT2D eigenvalue weighted by Gasteiger charge is 2.18. The number of aromatic amines is 1. The fourth-order valence-corrected chi connectivity index (χ4v) is 2.72. The van der Waals surface area contributed by atoms with E-state index in [-0.39, 0.29) is 12.1 Å². The van der Waals surface area contributed by atoms with E-state index in [0.29, 0.717) is 33.8 Å². The number of carbonyl (C=O) groups excluding carboxylic acids is 1. The van der Waals surface area contributed by atoms with E-state index in [4.69, 9.17) is 16.3 Å². The molecule has 0 atom stereocenters. The average Bonchev–Trinajstić information content (AvgIpc) is 2.88. The van der Waals surface area contributed by atoms with Crippen molar-refractivity contribution in [2.75, 3.05) is 6.61 Å². The van der Waals surface area contributed by atoms with Crippen LogP contribution >= 0.6 is 11.6 Å². The van der Waals surface area contributed by atoms with Gasteiger partial charge in [-0.15, -0.1) is 0 Å². The molecule has 0 amide bonds. The van der Waals surface area contributed by atoms with Crippen molar-refractivity contribution < 1.29 is 9.53 Å². The van der Waals surface area contributed by atoms with Gasteiger partial charge in [0.2, 0.25) is 0 Å². The maximum absolute atomic E-state index is 12.2. The van der Waals surface area contributed by atoms with E-state index < -0.39 is 5.97 Å². The fraction of sp³-hybridized carbons (Fsp3) is 0.188. The monoisotopic (exact) mass is 331 g/mol. The predicted octanol–water partition coefficient (Wildman–Crippen LogP) is 2.61. The molecular weight excluding hydrogens is 318 g/mol. The van der Waals surface area contributed by atoms with E-state index in [9.17, 15) is 9.59 Å². The van der Waals surface area contributed by atoms with Gasteiger partial charge in [-0.1, -0.05) is 29.8 Å². The zero-order chi connectivity index (χ0) is 16.4. The van der Waals surface area contributed by atoms with Crippen LogP contribution in [0, 0.1) is 0 Å². The zero-order valence-electron chi connectivity index (χ0n) is 12.4.